The van der Waals surface area contributed by atoms with Crippen molar-refractivity contribution in [2.75, 3.05) is 0 Å². The van der Waals surface area contributed by atoms with E-state index in [9.17, 15) is 9.59 Å². The molecule has 1 unspecified atom stereocenters. The van der Waals surface area contributed by atoms with E-state index < -0.39 is 11.9 Å². The summed E-state index contributed by atoms with van der Waals surface area (Å²) in [5.74, 6) is -1.24. The van der Waals surface area contributed by atoms with Crippen molar-refractivity contribution in [3.63, 3.8) is 0 Å². The Bertz CT molecular complexity index is 643. The molecule has 1 aliphatic rings. The lowest BCUT2D eigenvalue weighted by Gasteiger charge is -2.01. The van der Waals surface area contributed by atoms with E-state index in [1.165, 1.54) is 11.3 Å². The van der Waals surface area contributed by atoms with Gasteiger partial charge in [0.15, 0.2) is 0 Å². The second-order valence-corrected chi connectivity index (χ2v) is 5.50. The van der Waals surface area contributed by atoms with Crippen molar-refractivity contribution >= 4 is 23.1 Å². The van der Waals surface area contributed by atoms with Gasteiger partial charge in [-0.3, -0.25) is 9.59 Å². The van der Waals surface area contributed by atoms with E-state index in [0.29, 0.717) is 23.3 Å². The van der Waals surface area contributed by atoms with E-state index in [2.05, 4.69) is 0 Å². The molecule has 0 fully saturated rings. The molecular formula is C15H12O3S. The number of aliphatic carboxylic acids is 1. The molecule has 0 spiro atoms. The van der Waals surface area contributed by atoms with Crippen molar-refractivity contribution in [2.24, 2.45) is 0 Å². The van der Waals surface area contributed by atoms with Gasteiger partial charge in [-0.05, 0) is 29.3 Å². The number of carboxylic acids is 1. The summed E-state index contributed by atoms with van der Waals surface area (Å²) in [5, 5.41) is 11.0. The molecule has 1 aromatic carbocycles. The number of ketones is 1. The molecule has 2 aromatic rings. The van der Waals surface area contributed by atoms with E-state index in [1.54, 1.807) is 12.1 Å². The molecule has 1 heterocycles. The van der Waals surface area contributed by atoms with Crippen LogP contribution in [0.15, 0.2) is 35.7 Å². The van der Waals surface area contributed by atoms with Crippen LogP contribution in [0.2, 0.25) is 0 Å². The summed E-state index contributed by atoms with van der Waals surface area (Å²) >= 11 is 1.36. The molecule has 1 aliphatic carbocycles. The summed E-state index contributed by atoms with van der Waals surface area (Å²) in [5.41, 5.74) is 2.42. The van der Waals surface area contributed by atoms with Crippen LogP contribution in [0.1, 0.15) is 38.7 Å². The van der Waals surface area contributed by atoms with Gasteiger partial charge in [0.2, 0.25) is 5.78 Å². The first-order valence-corrected chi connectivity index (χ1v) is 6.99. The minimum atomic E-state index is -0.796. The number of fused-ring (bicyclic) bond motifs is 1. The van der Waals surface area contributed by atoms with Gasteiger partial charge in [-0.15, -0.1) is 11.3 Å². The van der Waals surface area contributed by atoms with Gasteiger partial charge < -0.3 is 5.11 Å². The first kappa shape index (κ1) is 12.1. The number of thiophene rings is 1. The van der Waals surface area contributed by atoms with E-state index >= 15 is 0 Å². The Morgan fingerprint density at radius 2 is 1.95 bits per heavy atom. The number of hydrogen-bond acceptors (Lipinski definition) is 3. The summed E-state index contributed by atoms with van der Waals surface area (Å²) < 4.78 is 0. The molecule has 1 aromatic heterocycles. The summed E-state index contributed by atoms with van der Waals surface area (Å²) in [6, 6.07) is 9.12. The largest absolute Gasteiger partial charge is 0.481 e. The highest BCUT2D eigenvalue weighted by Crippen LogP contribution is 2.39. The molecule has 1 N–H and O–H groups in total. The average molecular weight is 272 g/mol. The number of benzene rings is 1. The Morgan fingerprint density at radius 3 is 2.63 bits per heavy atom. The molecule has 0 bridgehead atoms. The zero-order valence-corrected chi connectivity index (χ0v) is 10.9. The SMILES string of the molecule is O=C(c1ccccc1)c1scc2c1CCC2C(=O)O. The predicted molar refractivity (Wildman–Crippen MR) is 72.9 cm³/mol. The molecule has 96 valence electrons. The second kappa shape index (κ2) is 4.63. The van der Waals surface area contributed by atoms with Gasteiger partial charge in [-0.25, -0.2) is 0 Å². The van der Waals surface area contributed by atoms with Crippen LogP contribution in [-0.4, -0.2) is 16.9 Å². The summed E-state index contributed by atoms with van der Waals surface area (Å²) in [4.78, 5) is 24.2. The Hall–Kier alpha value is -1.94. The Labute approximate surface area is 114 Å². The smallest absolute Gasteiger partial charge is 0.311 e. The van der Waals surface area contributed by atoms with Crippen molar-refractivity contribution in [2.45, 2.75) is 18.8 Å². The number of carbonyl (C=O) groups is 2. The number of hydrogen-bond donors (Lipinski definition) is 1. The van der Waals surface area contributed by atoms with Crippen LogP contribution in [0.5, 0.6) is 0 Å². The third-order valence-electron chi connectivity index (χ3n) is 3.53. The fourth-order valence-electron chi connectivity index (χ4n) is 2.56. The third-order valence-corrected chi connectivity index (χ3v) is 4.56. The molecule has 0 saturated heterocycles. The van der Waals surface area contributed by atoms with Gasteiger partial charge in [-0.1, -0.05) is 30.3 Å². The zero-order valence-electron chi connectivity index (χ0n) is 10.1. The molecule has 0 radical (unpaired) electrons. The van der Waals surface area contributed by atoms with Crippen LogP contribution >= 0.6 is 11.3 Å². The first-order valence-electron chi connectivity index (χ1n) is 6.11. The van der Waals surface area contributed by atoms with E-state index in [4.69, 9.17) is 5.11 Å². The minimum Gasteiger partial charge on any atom is -0.481 e. The van der Waals surface area contributed by atoms with Crippen LogP contribution in [0.3, 0.4) is 0 Å². The normalized spacial score (nSPS) is 17.2. The van der Waals surface area contributed by atoms with Gasteiger partial charge in [0.1, 0.15) is 0 Å². The average Bonchev–Trinajstić information content (AvgIpc) is 2.99. The number of carboxylic acid groups (broad SMARTS) is 1. The molecule has 0 aliphatic heterocycles. The maximum absolute atomic E-state index is 12.4. The summed E-state index contributed by atoms with van der Waals surface area (Å²) in [6.07, 6.45) is 1.28. The van der Waals surface area contributed by atoms with Crippen LogP contribution in [0.4, 0.5) is 0 Å². The maximum Gasteiger partial charge on any atom is 0.311 e. The lowest BCUT2D eigenvalue weighted by atomic mass is 10.0. The topological polar surface area (TPSA) is 54.4 Å². The van der Waals surface area contributed by atoms with Crippen molar-refractivity contribution in [1.82, 2.24) is 0 Å². The number of rotatable bonds is 3. The molecule has 0 saturated carbocycles. The van der Waals surface area contributed by atoms with Gasteiger partial charge in [0.25, 0.3) is 0 Å². The highest BCUT2D eigenvalue weighted by molar-refractivity contribution is 7.12. The fourth-order valence-corrected chi connectivity index (χ4v) is 3.70. The highest BCUT2D eigenvalue weighted by Gasteiger charge is 2.33. The van der Waals surface area contributed by atoms with Crippen LogP contribution in [0.25, 0.3) is 0 Å². The van der Waals surface area contributed by atoms with E-state index in [-0.39, 0.29) is 5.78 Å². The van der Waals surface area contributed by atoms with Crippen molar-refractivity contribution in [1.29, 1.82) is 0 Å². The third kappa shape index (κ3) is 1.98. The van der Waals surface area contributed by atoms with Gasteiger partial charge in [-0.2, -0.15) is 0 Å². The maximum atomic E-state index is 12.4. The Balaban J connectivity index is 1.99. The molecule has 1 atom stereocenters. The van der Waals surface area contributed by atoms with Crippen molar-refractivity contribution in [3.05, 3.63) is 57.3 Å². The van der Waals surface area contributed by atoms with Gasteiger partial charge >= 0.3 is 5.97 Å². The Morgan fingerprint density at radius 1 is 1.21 bits per heavy atom. The number of carbonyl (C=O) groups excluding carboxylic acids is 1. The minimum absolute atomic E-state index is 0.00195. The lowest BCUT2D eigenvalue weighted by Crippen LogP contribution is -2.06. The molecule has 0 amide bonds. The predicted octanol–water partition coefficient (Wildman–Crippen LogP) is 3.09. The van der Waals surface area contributed by atoms with E-state index in [1.807, 2.05) is 23.6 Å². The fraction of sp³-hybridized carbons (Fsp3) is 0.200. The molecule has 3 nitrogen and oxygen atoms in total. The standard InChI is InChI=1S/C15H12O3S/c16-13(9-4-2-1-3-5-9)14-10-6-7-11(15(17)18)12(10)8-19-14/h1-5,8,11H,6-7H2,(H,17,18). The van der Waals surface area contributed by atoms with Crippen LogP contribution in [-0.2, 0) is 11.2 Å². The second-order valence-electron chi connectivity index (χ2n) is 4.62. The van der Waals surface area contributed by atoms with Crippen molar-refractivity contribution < 1.29 is 14.7 Å². The molecule has 4 heteroatoms. The van der Waals surface area contributed by atoms with Gasteiger partial charge in [0.05, 0.1) is 10.8 Å². The quantitative estimate of drug-likeness (QED) is 0.873. The summed E-state index contributed by atoms with van der Waals surface area (Å²) in [7, 11) is 0. The monoisotopic (exact) mass is 272 g/mol. The van der Waals surface area contributed by atoms with Crippen LogP contribution in [0, 0.1) is 0 Å². The lowest BCUT2D eigenvalue weighted by molar-refractivity contribution is -0.138. The highest BCUT2D eigenvalue weighted by atomic mass is 32.1. The molecule has 3 rings (SSSR count). The van der Waals surface area contributed by atoms with Gasteiger partial charge in [0, 0.05) is 5.56 Å². The molecule has 19 heavy (non-hydrogen) atoms. The Kier molecular flexibility index (Phi) is 2.95. The van der Waals surface area contributed by atoms with E-state index in [0.717, 1.165) is 11.1 Å². The van der Waals surface area contributed by atoms with Crippen LogP contribution < -0.4 is 0 Å². The van der Waals surface area contributed by atoms with Crippen molar-refractivity contribution in [3.8, 4) is 0 Å². The summed E-state index contributed by atoms with van der Waals surface area (Å²) in [6.45, 7) is 0. The molecular weight excluding hydrogens is 260 g/mol. The first-order chi connectivity index (χ1) is 9.18. The zero-order chi connectivity index (χ0) is 13.4.